The average molecular weight is 315 g/mol. The Morgan fingerprint density at radius 2 is 2.05 bits per heavy atom. The standard InChI is InChI=1S/C16H20F3NO2/c1-2-20(9-10-21)14(22)15(7-4-8-15)12-5-3-6-13(11-12)16(17,18)19/h3,5-6,11,21H,2,4,7-10H2,1H3. The van der Waals surface area contributed by atoms with E-state index >= 15 is 0 Å². The molecule has 0 aliphatic heterocycles. The first-order valence-electron chi connectivity index (χ1n) is 7.43. The number of hydrogen-bond acceptors (Lipinski definition) is 2. The average Bonchev–Trinajstić information content (AvgIpc) is 2.43. The van der Waals surface area contributed by atoms with Crippen molar-refractivity contribution in [3.05, 3.63) is 35.4 Å². The molecule has 0 bridgehead atoms. The third-order valence-electron chi connectivity index (χ3n) is 4.40. The maximum absolute atomic E-state index is 12.9. The highest BCUT2D eigenvalue weighted by Crippen LogP contribution is 2.46. The Kier molecular flexibility index (Phi) is 4.80. The summed E-state index contributed by atoms with van der Waals surface area (Å²) in [5.74, 6) is -0.186. The lowest BCUT2D eigenvalue weighted by atomic mass is 9.63. The van der Waals surface area contributed by atoms with Gasteiger partial charge in [-0.1, -0.05) is 24.6 Å². The van der Waals surface area contributed by atoms with Crippen molar-refractivity contribution in [2.24, 2.45) is 0 Å². The van der Waals surface area contributed by atoms with Crippen LogP contribution < -0.4 is 0 Å². The van der Waals surface area contributed by atoms with E-state index in [0.717, 1.165) is 18.6 Å². The van der Waals surface area contributed by atoms with Crippen LogP contribution in [-0.4, -0.2) is 35.6 Å². The van der Waals surface area contributed by atoms with Crippen molar-refractivity contribution in [2.75, 3.05) is 19.7 Å². The van der Waals surface area contributed by atoms with Gasteiger partial charge in [-0.2, -0.15) is 13.2 Å². The topological polar surface area (TPSA) is 40.5 Å². The summed E-state index contributed by atoms with van der Waals surface area (Å²) in [5.41, 5.74) is -1.17. The lowest BCUT2D eigenvalue weighted by Crippen LogP contribution is -2.51. The molecular formula is C16H20F3NO2. The largest absolute Gasteiger partial charge is 0.416 e. The van der Waals surface area contributed by atoms with Crippen molar-refractivity contribution in [1.82, 2.24) is 4.90 Å². The molecule has 3 nitrogen and oxygen atoms in total. The van der Waals surface area contributed by atoms with E-state index in [9.17, 15) is 18.0 Å². The lowest BCUT2D eigenvalue weighted by Gasteiger charge is -2.44. The highest BCUT2D eigenvalue weighted by atomic mass is 19.4. The Morgan fingerprint density at radius 3 is 2.50 bits per heavy atom. The van der Waals surface area contributed by atoms with Gasteiger partial charge in [-0.15, -0.1) is 0 Å². The van der Waals surface area contributed by atoms with Crippen LogP contribution in [0.25, 0.3) is 0 Å². The summed E-state index contributed by atoms with van der Waals surface area (Å²) in [4.78, 5) is 14.3. The summed E-state index contributed by atoms with van der Waals surface area (Å²) in [7, 11) is 0. The molecule has 1 saturated carbocycles. The van der Waals surface area contributed by atoms with Crippen LogP contribution >= 0.6 is 0 Å². The fraction of sp³-hybridized carbons (Fsp3) is 0.562. The second-order valence-corrected chi connectivity index (χ2v) is 5.62. The van der Waals surface area contributed by atoms with Gasteiger partial charge in [0.1, 0.15) is 0 Å². The zero-order chi connectivity index (χ0) is 16.4. The van der Waals surface area contributed by atoms with Crippen molar-refractivity contribution in [1.29, 1.82) is 0 Å². The normalized spacial score (nSPS) is 17.0. The first-order chi connectivity index (χ1) is 10.3. The Labute approximate surface area is 127 Å². The first-order valence-corrected chi connectivity index (χ1v) is 7.43. The monoisotopic (exact) mass is 315 g/mol. The molecule has 1 fully saturated rings. The van der Waals surface area contributed by atoms with E-state index in [1.54, 1.807) is 13.0 Å². The van der Waals surface area contributed by atoms with Crippen LogP contribution in [0, 0.1) is 0 Å². The number of halogens is 3. The fourth-order valence-corrected chi connectivity index (χ4v) is 2.98. The zero-order valence-corrected chi connectivity index (χ0v) is 12.5. The first kappa shape index (κ1) is 16.8. The number of aliphatic hydroxyl groups excluding tert-OH is 1. The number of carbonyl (C=O) groups is 1. The van der Waals surface area contributed by atoms with Gasteiger partial charge in [-0.05, 0) is 31.4 Å². The number of hydrogen-bond donors (Lipinski definition) is 1. The van der Waals surface area contributed by atoms with E-state index in [2.05, 4.69) is 0 Å². The van der Waals surface area contributed by atoms with Gasteiger partial charge in [-0.25, -0.2) is 0 Å². The summed E-state index contributed by atoms with van der Waals surface area (Å²) >= 11 is 0. The van der Waals surface area contributed by atoms with Gasteiger partial charge in [0.25, 0.3) is 0 Å². The summed E-state index contributed by atoms with van der Waals surface area (Å²) in [6.07, 6.45) is -2.50. The van der Waals surface area contributed by atoms with E-state index in [-0.39, 0.29) is 19.1 Å². The number of benzene rings is 1. The number of amides is 1. The Hall–Kier alpha value is -1.56. The molecule has 1 aromatic carbocycles. The van der Waals surface area contributed by atoms with Crippen LogP contribution in [0.1, 0.15) is 37.3 Å². The molecule has 0 unspecified atom stereocenters. The van der Waals surface area contributed by atoms with Gasteiger partial charge in [-0.3, -0.25) is 4.79 Å². The van der Waals surface area contributed by atoms with Gasteiger partial charge < -0.3 is 10.0 Å². The number of carbonyl (C=O) groups excluding carboxylic acids is 1. The van der Waals surface area contributed by atoms with E-state index in [1.807, 2.05) is 0 Å². The number of rotatable bonds is 5. The molecule has 1 amide bonds. The molecule has 122 valence electrons. The fourth-order valence-electron chi connectivity index (χ4n) is 2.98. The predicted octanol–water partition coefficient (Wildman–Crippen LogP) is 2.97. The van der Waals surface area contributed by atoms with Crippen LogP contribution in [0.4, 0.5) is 13.2 Å². The van der Waals surface area contributed by atoms with Crippen LogP contribution in [-0.2, 0) is 16.4 Å². The third-order valence-corrected chi connectivity index (χ3v) is 4.40. The molecule has 1 N–H and O–H groups in total. The third kappa shape index (κ3) is 2.97. The molecule has 0 spiro atoms. The minimum Gasteiger partial charge on any atom is -0.395 e. The van der Waals surface area contributed by atoms with Crippen molar-refractivity contribution in [3.63, 3.8) is 0 Å². The molecule has 0 atom stereocenters. The second-order valence-electron chi connectivity index (χ2n) is 5.62. The highest BCUT2D eigenvalue weighted by molar-refractivity contribution is 5.89. The molecule has 1 aliphatic rings. The van der Waals surface area contributed by atoms with Crippen LogP contribution in [0.15, 0.2) is 24.3 Å². The maximum atomic E-state index is 12.9. The van der Waals surface area contributed by atoms with Gasteiger partial charge in [0.2, 0.25) is 5.91 Å². The lowest BCUT2D eigenvalue weighted by molar-refractivity contribution is -0.142. The summed E-state index contributed by atoms with van der Waals surface area (Å²) in [5, 5.41) is 9.05. The Balaban J connectivity index is 2.37. The van der Waals surface area contributed by atoms with Crippen LogP contribution in [0.5, 0.6) is 0 Å². The molecule has 6 heteroatoms. The second kappa shape index (κ2) is 6.28. The van der Waals surface area contributed by atoms with E-state index in [0.29, 0.717) is 24.9 Å². The van der Waals surface area contributed by atoms with Crippen molar-refractivity contribution in [3.8, 4) is 0 Å². The molecular weight excluding hydrogens is 295 g/mol. The van der Waals surface area contributed by atoms with E-state index < -0.39 is 17.2 Å². The predicted molar refractivity (Wildman–Crippen MR) is 76.3 cm³/mol. The molecule has 0 saturated heterocycles. The van der Waals surface area contributed by atoms with Crippen molar-refractivity contribution in [2.45, 2.75) is 37.8 Å². The van der Waals surface area contributed by atoms with Crippen molar-refractivity contribution >= 4 is 5.91 Å². The van der Waals surface area contributed by atoms with Gasteiger partial charge >= 0.3 is 6.18 Å². The highest BCUT2D eigenvalue weighted by Gasteiger charge is 2.48. The quantitative estimate of drug-likeness (QED) is 0.907. The summed E-state index contributed by atoms with van der Waals surface area (Å²) < 4.78 is 38.7. The van der Waals surface area contributed by atoms with E-state index in [1.165, 1.54) is 11.0 Å². The molecule has 0 heterocycles. The SMILES string of the molecule is CCN(CCO)C(=O)C1(c2cccc(C(F)(F)F)c2)CCC1. The summed E-state index contributed by atoms with van der Waals surface area (Å²) in [6.45, 7) is 2.28. The van der Waals surface area contributed by atoms with Gasteiger partial charge in [0, 0.05) is 13.1 Å². The zero-order valence-electron chi connectivity index (χ0n) is 12.5. The molecule has 22 heavy (non-hydrogen) atoms. The van der Waals surface area contributed by atoms with Gasteiger partial charge in [0.15, 0.2) is 0 Å². The Bertz CT molecular complexity index is 538. The maximum Gasteiger partial charge on any atom is 0.416 e. The molecule has 2 rings (SSSR count). The molecule has 0 aromatic heterocycles. The number of likely N-dealkylation sites (N-methyl/N-ethyl adjacent to an activating group) is 1. The molecule has 0 radical (unpaired) electrons. The Morgan fingerprint density at radius 1 is 1.36 bits per heavy atom. The number of nitrogens with zero attached hydrogens (tertiary/aromatic N) is 1. The van der Waals surface area contributed by atoms with Gasteiger partial charge in [0.05, 0.1) is 17.6 Å². The molecule has 1 aliphatic carbocycles. The van der Waals surface area contributed by atoms with Crippen LogP contribution in [0.3, 0.4) is 0 Å². The smallest absolute Gasteiger partial charge is 0.395 e. The number of alkyl halides is 3. The summed E-state index contributed by atoms with van der Waals surface area (Å²) in [6, 6.07) is 5.06. The molecule has 1 aromatic rings. The van der Waals surface area contributed by atoms with Crippen LogP contribution in [0.2, 0.25) is 0 Å². The minimum absolute atomic E-state index is 0.155. The van der Waals surface area contributed by atoms with Crippen molar-refractivity contribution < 1.29 is 23.1 Å². The van der Waals surface area contributed by atoms with E-state index in [4.69, 9.17) is 5.11 Å². The minimum atomic E-state index is -4.42. The number of aliphatic hydroxyl groups is 1.